The fourth-order valence-corrected chi connectivity index (χ4v) is 1.77. The Balaban J connectivity index is 2.53. The van der Waals surface area contributed by atoms with E-state index in [1.54, 1.807) is 18.2 Å². The van der Waals surface area contributed by atoms with Gasteiger partial charge in [0.1, 0.15) is 12.1 Å². The molecule has 90 valence electrons. The van der Waals surface area contributed by atoms with Gasteiger partial charge in [-0.25, -0.2) is 4.39 Å². The Morgan fingerprint density at radius 1 is 1.47 bits per heavy atom. The highest BCUT2D eigenvalue weighted by molar-refractivity contribution is 8.13. The second-order valence-electron chi connectivity index (χ2n) is 3.43. The first-order valence-electron chi connectivity index (χ1n) is 5.18. The normalized spacial score (nSPS) is 10.7. The zero-order chi connectivity index (χ0) is 12.7. The van der Waals surface area contributed by atoms with Crippen LogP contribution < -0.4 is 0 Å². The third-order valence-electron chi connectivity index (χ3n) is 2.05. The summed E-state index contributed by atoms with van der Waals surface area (Å²) in [6, 6.07) is 4.34. The summed E-state index contributed by atoms with van der Waals surface area (Å²) in [7, 11) is 0. The number of thioether (sulfide) groups is 1. The molecule has 0 bridgehead atoms. The molecule has 1 aromatic rings. The summed E-state index contributed by atoms with van der Waals surface area (Å²) >= 11 is 1.25. The van der Waals surface area contributed by atoms with Crippen LogP contribution in [0, 0.1) is 5.82 Å². The van der Waals surface area contributed by atoms with E-state index >= 15 is 0 Å². The molecule has 0 radical (unpaired) electrons. The smallest absolute Gasteiger partial charge is 0.185 e. The summed E-state index contributed by atoms with van der Waals surface area (Å²) < 4.78 is 13.4. The van der Waals surface area contributed by atoms with Crippen LogP contribution in [-0.4, -0.2) is 17.2 Å². The Labute approximate surface area is 104 Å². The Morgan fingerprint density at radius 2 is 2.24 bits per heavy atom. The fourth-order valence-electron chi connectivity index (χ4n) is 1.23. The van der Waals surface area contributed by atoms with Gasteiger partial charge < -0.3 is 0 Å². The molecule has 0 heterocycles. The number of allylic oxidation sites excluding steroid dienone is 1. The topological polar surface area (TPSA) is 34.1 Å². The third kappa shape index (κ3) is 4.95. The number of benzene rings is 1. The van der Waals surface area contributed by atoms with Crippen molar-refractivity contribution in [2.24, 2.45) is 0 Å². The van der Waals surface area contributed by atoms with E-state index in [1.165, 1.54) is 24.8 Å². The summed E-state index contributed by atoms with van der Waals surface area (Å²) in [6.07, 6.45) is 4.79. The lowest BCUT2D eigenvalue weighted by Crippen LogP contribution is -1.87. The molecule has 0 atom stereocenters. The Hall–Kier alpha value is -1.42. The highest BCUT2D eigenvalue weighted by Gasteiger charge is 1.99. The largest absolute Gasteiger partial charge is 0.298 e. The van der Waals surface area contributed by atoms with Crippen LogP contribution in [0.1, 0.15) is 29.3 Å². The van der Waals surface area contributed by atoms with Crippen LogP contribution in [0.2, 0.25) is 0 Å². The maximum atomic E-state index is 13.4. The molecule has 1 rings (SSSR count). The van der Waals surface area contributed by atoms with Crippen LogP contribution in [0.4, 0.5) is 4.39 Å². The zero-order valence-electron chi connectivity index (χ0n) is 9.48. The Bertz CT molecular complexity index is 441. The molecule has 0 fully saturated rings. The molecule has 0 aliphatic carbocycles. The van der Waals surface area contributed by atoms with E-state index in [0.717, 1.165) is 0 Å². The molecule has 1 aromatic carbocycles. The first kappa shape index (κ1) is 13.6. The van der Waals surface area contributed by atoms with Crippen molar-refractivity contribution in [1.82, 2.24) is 0 Å². The van der Waals surface area contributed by atoms with Crippen LogP contribution in [-0.2, 0) is 4.79 Å². The van der Waals surface area contributed by atoms with Gasteiger partial charge in [-0.15, -0.1) is 0 Å². The zero-order valence-corrected chi connectivity index (χ0v) is 10.3. The van der Waals surface area contributed by atoms with Crippen molar-refractivity contribution in [1.29, 1.82) is 0 Å². The molecule has 0 spiro atoms. The minimum absolute atomic E-state index is 0.0833. The van der Waals surface area contributed by atoms with E-state index in [2.05, 4.69) is 0 Å². The van der Waals surface area contributed by atoms with Gasteiger partial charge in [0.15, 0.2) is 5.12 Å². The lowest BCUT2D eigenvalue weighted by atomic mass is 10.1. The van der Waals surface area contributed by atoms with Gasteiger partial charge in [0.05, 0.1) is 0 Å². The lowest BCUT2D eigenvalue weighted by Gasteiger charge is -1.97. The summed E-state index contributed by atoms with van der Waals surface area (Å²) in [5.74, 6) is 0.282. The number of carbonyl (C=O) groups is 2. The van der Waals surface area contributed by atoms with Gasteiger partial charge in [0, 0.05) is 23.8 Å². The van der Waals surface area contributed by atoms with Crippen LogP contribution in [0.25, 0.3) is 6.08 Å². The summed E-state index contributed by atoms with van der Waals surface area (Å²) in [4.78, 5) is 21.1. The molecule has 0 aromatic heterocycles. The predicted molar refractivity (Wildman–Crippen MR) is 68.6 cm³/mol. The van der Waals surface area contributed by atoms with E-state index < -0.39 is 5.82 Å². The van der Waals surface area contributed by atoms with E-state index in [1.807, 2.05) is 6.08 Å². The summed E-state index contributed by atoms with van der Waals surface area (Å²) in [6.45, 7) is 1.52. The van der Waals surface area contributed by atoms with Gasteiger partial charge in [-0.3, -0.25) is 9.59 Å². The van der Waals surface area contributed by atoms with Gasteiger partial charge in [0.2, 0.25) is 0 Å². The number of rotatable bonds is 5. The SMILES string of the molecule is CC(=O)SCCC=Cc1ccc(C=O)cc1F. The van der Waals surface area contributed by atoms with E-state index in [0.29, 0.717) is 29.6 Å². The standard InChI is InChI=1S/C13H13FO2S/c1-10(16)17-7-3-2-4-12-6-5-11(9-15)8-13(12)14/h2,4-6,8-9H,3,7H2,1H3. The second kappa shape index (κ2) is 7.01. The molecule has 17 heavy (non-hydrogen) atoms. The van der Waals surface area contributed by atoms with Crippen molar-refractivity contribution in [2.45, 2.75) is 13.3 Å². The van der Waals surface area contributed by atoms with Crippen LogP contribution in [0.3, 0.4) is 0 Å². The van der Waals surface area contributed by atoms with Crippen molar-refractivity contribution < 1.29 is 14.0 Å². The molecule has 0 aliphatic rings. The highest BCUT2D eigenvalue weighted by atomic mass is 32.2. The van der Waals surface area contributed by atoms with Gasteiger partial charge in [-0.1, -0.05) is 36.0 Å². The van der Waals surface area contributed by atoms with Crippen molar-refractivity contribution in [3.8, 4) is 0 Å². The van der Waals surface area contributed by atoms with Gasteiger partial charge in [-0.2, -0.15) is 0 Å². The highest BCUT2D eigenvalue weighted by Crippen LogP contribution is 2.12. The van der Waals surface area contributed by atoms with Crippen LogP contribution >= 0.6 is 11.8 Å². The van der Waals surface area contributed by atoms with Gasteiger partial charge >= 0.3 is 0 Å². The maximum Gasteiger partial charge on any atom is 0.185 e. The van der Waals surface area contributed by atoms with Crippen molar-refractivity contribution in [3.05, 3.63) is 41.2 Å². The van der Waals surface area contributed by atoms with E-state index in [4.69, 9.17) is 0 Å². The molecule has 0 unspecified atom stereocenters. The first-order valence-corrected chi connectivity index (χ1v) is 6.16. The average molecular weight is 252 g/mol. The van der Waals surface area contributed by atoms with E-state index in [9.17, 15) is 14.0 Å². The molecule has 4 heteroatoms. The Kier molecular flexibility index (Phi) is 5.63. The molecule has 0 saturated heterocycles. The van der Waals surface area contributed by atoms with Crippen molar-refractivity contribution in [2.75, 3.05) is 5.75 Å². The quantitative estimate of drug-likeness (QED) is 0.595. The monoisotopic (exact) mass is 252 g/mol. The molecular weight excluding hydrogens is 239 g/mol. The van der Waals surface area contributed by atoms with E-state index in [-0.39, 0.29) is 5.12 Å². The third-order valence-corrected chi connectivity index (χ3v) is 2.89. The van der Waals surface area contributed by atoms with Crippen LogP contribution in [0.15, 0.2) is 24.3 Å². The number of hydrogen-bond donors (Lipinski definition) is 0. The average Bonchev–Trinajstić information content (AvgIpc) is 2.30. The van der Waals surface area contributed by atoms with Gasteiger partial charge in [0.25, 0.3) is 0 Å². The molecule has 0 saturated carbocycles. The number of halogens is 1. The number of carbonyl (C=O) groups excluding carboxylic acids is 2. The minimum Gasteiger partial charge on any atom is -0.298 e. The predicted octanol–water partition coefficient (Wildman–Crippen LogP) is 3.32. The summed E-state index contributed by atoms with van der Waals surface area (Å²) in [5.41, 5.74) is 0.773. The lowest BCUT2D eigenvalue weighted by molar-refractivity contribution is -0.109. The van der Waals surface area contributed by atoms with Crippen molar-refractivity contribution >= 4 is 29.2 Å². The molecule has 2 nitrogen and oxygen atoms in total. The molecule has 0 amide bonds. The van der Waals surface area contributed by atoms with Crippen LogP contribution in [0.5, 0.6) is 0 Å². The molecule has 0 N–H and O–H groups in total. The molecular formula is C13H13FO2S. The molecule has 0 aliphatic heterocycles. The van der Waals surface area contributed by atoms with Gasteiger partial charge in [-0.05, 0) is 12.5 Å². The minimum atomic E-state index is -0.412. The first-order chi connectivity index (χ1) is 8.13. The maximum absolute atomic E-state index is 13.4. The fraction of sp³-hybridized carbons (Fsp3) is 0.231. The summed E-state index contributed by atoms with van der Waals surface area (Å²) in [5, 5.41) is 0.0833. The number of aldehydes is 1. The second-order valence-corrected chi connectivity index (χ2v) is 4.70. The van der Waals surface area contributed by atoms with Crippen molar-refractivity contribution in [3.63, 3.8) is 0 Å². The Morgan fingerprint density at radius 3 is 2.82 bits per heavy atom. The number of hydrogen-bond acceptors (Lipinski definition) is 3.